The summed E-state index contributed by atoms with van der Waals surface area (Å²) in [6, 6.07) is 11.1. The Labute approximate surface area is 156 Å². The molecule has 0 spiro atoms. The average molecular weight is 395 g/mol. The van der Waals surface area contributed by atoms with Gasteiger partial charge in [0.1, 0.15) is 0 Å². The van der Waals surface area contributed by atoms with Crippen LogP contribution in [0.4, 0.5) is 0 Å². The van der Waals surface area contributed by atoms with E-state index in [0.29, 0.717) is 21.1 Å². The van der Waals surface area contributed by atoms with Crippen molar-refractivity contribution < 1.29 is 4.74 Å². The van der Waals surface area contributed by atoms with Crippen molar-refractivity contribution in [3.8, 4) is 0 Å². The molecule has 0 amide bonds. The molecule has 0 radical (unpaired) electrons. The van der Waals surface area contributed by atoms with Crippen LogP contribution in [0.25, 0.3) is 0 Å². The van der Waals surface area contributed by atoms with Gasteiger partial charge in [-0.3, -0.25) is 0 Å². The molecule has 1 aliphatic rings. The number of ether oxygens (including phenoxy) is 1. The minimum atomic E-state index is 0.531. The van der Waals surface area contributed by atoms with Crippen molar-refractivity contribution in [1.82, 2.24) is 0 Å². The van der Waals surface area contributed by atoms with Crippen LogP contribution in [0.15, 0.2) is 30.3 Å². The molecule has 0 aromatic heterocycles. The number of hydrogen-bond acceptors (Lipinski definition) is 1. The first kappa shape index (κ1) is 20.0. The molecule has 1 saturated carbocycles. The van der Waals surface area contributed by atoms with E-state index >= 15 is 0 Å². The molecule has 2 rings (SSSR count). The number of benzene rings is 1. The van der Waals surface area contributed by atoms with Crippen LogP contribution in [-0.4, -0.2) is 27.7 Å². The van der Waals surface area contributed by atoms with Crippen molar-refractivity contribution in [2.75, 3.05) is 6.61 Å². The number of hydrogen-bond donors (Lipinski definition) is 0. The summed E-state index contributed by atoms with van der Waals surface area (Å²) < 4.78 is 7.87. The van der Waals surface area contributed by atoms with Gasteiger partial charge in [-0.1, -0.05) is 6.92 Å². The van der Waals surface area contributed by atoms with Gasteiger partial charge >= 0.3 is 149 Å². The summed E-state index contributed by atoms with van der Waals surface area (Å²) in [6.07, 6.45) is 17.0. The van der Waals surface area contributed by atoms with E-state index in [1.165, 1.54) is 81.5 Å². The van der Waals surface area contributed by atoms with E-state index < -0.39 is 0 Å². The fourth-order valence-corrected chi connectivity index (χ4v) is 6.29. The predicted molar refractivity (Wildman–Crippen MR) is 106 cm³/mol. The molecule has 1 fully saturated rings. The fourth-order valence-electron chi connectivity index (χ4n) is 3.53. The third-order valence-electron chi connectivity index (χ3n) is 5.00. The van der Waals surface area contributed by atoms with Crippen LogP contribution in [0.1, 0.15) is 84.0 Å². The molecule has 1 aromatic rings. The second-order valence-electron chi connectivity index (χ2n) is 7.14. The predicted octanol–water partition coefficient (Wildman–Crippen LogP) is 5.90. The molecule has 0 saturated heterocycles. The third-order valence-corrected chi connectivity index (χ3v) is 7.91. The standard InChI is InChI=1S/C22H36OSe/c1-2-3-4-5-6-7-8-14-19-23-21-17-12-13-18-22(21)24-20-15-10-9-11-16-20/h9-11,15-16,21-22H,2-8,12-14,17-19H2,1H3/t21-,22-/m1/s1. The maximum absolute atomic E-state index is 6.33. The van der Waals surface area contributed by atoms with E-state index in [2.05, 4.69) is 37.3 Å². The first-order valence-corrected chi connectivity index (χ1v) is 12.1. The Bertz CT molecular complexity index is 406. The van der Waals surface area contributed by atoms with Crippen molar-refractivity contribution in [3.63, 3.8) is 0 Å². The van der Waals surface area contributed by atoms with Gasteiger partial charge < -0.3 is 0 Å². The fraction of sp³-hybridized carbons (Fsp3) is 0.727. The van der Waals surface area contributed by atoms with Gasteiger partial charge in [0, 0.05) is 0 Å². The monoisotopic (exact) mass is 396 g/mol. The summed E-state index contributed by atoms with van der Waals surface area (Å²) in [7, 11) is 0. The molecule has 136 valence electrons. The van der Waals surface area contributed by atoms with E-state index in [1.807, 2.05) is 0 Å². The van der Waals surface area contributed by atoms with E-state index in [1.54, 1.807) is 0 Å². The van der Waals surface area contributed by atoms with Gasteiger partial charge in [0.25, 0.3) is 0 Å². The minimum absolute atomic E-state index is 0.531. The molecule has 2 heteroatoms. The zero-order valence-corrected chi connectivity index (χ0v) is 17.3. The summed E-state index contributed by atoms with van der Waals surface area (Å²) in [5.74, 6) is 0. The van der Waals surface area contributed by atoms with E-state index in [0.717, 1.165) is 11.4 Å². The molecule has 1 nitrogen and oxygen atoms in total. The van der Waals surface area contributed by atoms with Gasteiger partial charge in [-0.2, -0.15) is 0 Å². The summed E-state index contributed by atoms with van der Waals surface area (Å²) >= 11 is 0.575. The van der Waals surface area contributed by atoms with E-state index in [9.17, 15) is 0 Å². The van der Waals surface area contributed by atoms with Gasteiger partial charge in [0.05, 0.1) is 0 Å². The van der Waals surface area contributed by atoms with Crippen LogP contribution < -0.4 is 4.46 Å². The Balaban J connectivity index is 1.58. The Morgan fingerprint density at radius 1 is 0.875 bits per heavy atom. The van der Waals surface area contributed by atoms with Gasteiger partial charge in [-0.15, -0.1) is 0 Å². The topological polar surface area (TPSA) is 9.23 Å². The van der Waals surface area contributed by atoms with Crippen molar-refractivity contribution in [1.29, 1.82) is 0 Å². The van der Waals surface area contributed by atoms with Gasteiger partial charge in [-0.25, -0.2) is 0 Å². The third kappa shape index (κ3) is 8.19. The van der Waals surface area contributed by atoms with Crippen LogP contribution in [0, 0.1) is 0 Å². The summed E-state index contributed by atoms with van der Waals surface area (Å²) in [4.78, 5) is 0.794. The van der Waals surface area contributed by atoms with Crippen molar-refractivity contribution in [2.24, 2.45) is 0 Å². The normalized spacial score (nSPS) is 21.0. The van der Waals surface area contributed by atoms with Crippen LogP contribution >= 0.6 is 0 Å². The molecule has 1 aliphatic carbocycles. The van der Waals surface area contributed by atoms with Crippen molar-refractivity contribution >= 4 is 19.4 Å². The first-order valence-electron chi connectivity index (χ1n) is 10.2. The average Bonchev–Trinajstić information content (AvgIpc) is 2.62. The van der Waals surface area contributed by atoms with Gasteiger partial charge in [-0.05, 0) is 0 Å². The Morgan fingerprint density at radius 2 is 1.54 bits per heavy atom. The molecule has 24 heavy (non-hydrogen) atoms. The van der Waals surface area contributed by atoms with E-state index in [-0.39, 0.29) is 0 Å². The second kappa shape index (κ2) is 13.0. The molecule has 2 atom stereocenters. The molecule has 0 N–H and O–H groups in total. The van der Waals surface area contributed by atoms with Crippen LogP contribution in [-0.2, 0) is 4.74 Å². The molecule has 0 heterocycles. The molecule has 0 unspecified atom stereocenters. The molecular weight excluding hydrogens is 359 g/mol. The number of unbranched alkanes of at least 4 members (excludes halogenated alkanes) is 7. The zero-order chi connectivity index (χ0) is 16.9. The Hall–Kier alpha value is -0.301. The van der Waals surface area contributed by atoms with Gasteiger partial charge in [0.15, 0.2) is 0 Å². The second-order valence-corrected chi connectivity index (χ2v) is 9.89. The molecule has 0 aliphatic heterocycles. The quantitative estimate of drug-likeness (QED) is 0.316. The van der Waals surface area contributed by atoms with Crippen LogP contribution in [0.3, 0.4) is 0 Å². The van der Waals surface area contributed by atoms with Crippen molar-refractivity contribution in [2.45, 2.75) is 94.9 Å². The first-order chi connectivity index (χ1) is 11.9. The van der Waals surface area contributed by atoms with Crippen molar-refractivity contribution in [3.05, 3.63) is 30.3 Å². The maximum atomic E-state index is 6.33. The SMILES string of the molecule is CCCCCCCCCCO[C@@H]1CCCC[C@H]1[Se]c1ccccc1. The van der Waals surface area contributed by atoms with Gasteiger partial charge in [0.2, 0.25) is 0 Å². The van der Waals surface area contributed by atoms with Crippen LogP contribution in [0.2, 0.25) is 4.82 Å². The Morgan fingerprint density at radius 3 is 2.29 bits per heavy atom. The molecular formula is C22H36OSe. The summed E-state index contributed by atoms with van der Waals surface area (Å²) in [5.41, 5.74) is 0. The molecule has 0 bridgehead atoms. The Kier molecular flexibility index (Phi) is 10.8. The van der Waals surface area contributed by atoms with E-state index in [4.69, 9.17) is 4.74 Å². The summed E-state index contributed by atoms with van der Waals surface area (Å²) in [5, 5.41) is 0. The van der Waals surface area contributed by atoms with Crippen LogP contribution in [0.5, 0.6) is 0 Å². The summed E-state index contributed by atoms with van der Waals surface area (Å²) in [6.45, 7) is 3.27. The zero-order valence-electron chi connectivity index (χ0n) is 15.6. The number of rotatable bonds is 12. The molecule has 1 aromatic carbocycles.